The first kappa shape index (κ1) is 21.7. The Kier molecular flexibility index (Phi) is 10.9. The van der Waals surface area contributed by atoms with Gasteiger partial charge < -0.3 is 11.5 Å². The van der Waals surface area contributed by atoms with Gasteiger partial charge >= 0.3 is 0 Å². The molecule has 0 atom stereocenters. The summed E-state index contributed by atoms with van der Waals surface area (Å²) in [7, 11) is 0. The minimum atomic E-state index is 0.859. The van der Waals surface area contributed by atoms with Crippen LogP contribution in [-0.4, -0.2) is 11.5 Å². The van der Waals surface area contributed by atoms with Crippen LogP contribution in [0.15, 0.2) is 48.5 Å². The SMILES string of the molecule is Nc1ccc(CCCCCCSCCCCCCc2ccc(N)cc2)cc1. The van der Waals surface area contributed by atoms with Crippen LogP contribution in [0.3, 0.4) is 0 Å². The van der Waals surface area contributed by atoms with Gasteiger partial charge in [0, 0.05) is 11.4 Å². The van der Waals surface area contributed by atoms with Crippen molar-refractivity contribution >= 4 is 23.1 Å². The molecule has 0 heterocycles. The standard InChI is InChI=1S/C24H36N2S/c25-23-15-11-21(12-16-23)9-5-1-3-7-19-27-20-8-4-2-6-10-22-13-17-24(26)18-14-22/h11-18H,1-10,19-20,25-26H2. The second kappa shape index (κ2) is 13.5. The number of anilines is 2. The minimum Gasteiger partial charge on any atom is -0.399 e. The van der Waals surface area contributed by atoms with E-state index < -0.39 is 0 Å². The number of nitrogens with two attached hydrogens (primary N) is 2. The third-order valence-corrected chi connectivity index (χ3v) is 6.12. The summed E-state index contributed by atoms with van der Waals surface area (Å²) in [5.74, 6) is 2.65. The van der Waals surface area contributed by atoms with E-state index in [4.69, 9.17) is 11.5 Å². The van der Waals surface area contributed by atoms with Gasteiger partial charge in [0.1, 0.15) is 0 Å². The van der Waals surface area contributed by atoms with Crippen LogP contribution in [0.4, 0.5) is 11.4 Å². The Bertz CT molecular complexity index is 552. The monoisotopic (exact) mass is 384 g/mol. The highest BCUT2D eigenvalue weighted by Gasteiger charge is 1.97. The first-order valence-corrected chi connectivity index (χ1v) is 11.7. The van der Waals surface area contributed by atoms with Crippen LogP contribution < -0.4 is 11.5 Å². The maximum absolute atomic E-state index is 5.72. The fraction of sp³-hybridized carbons (Fsp3) is 0.500. The van der Waals surface area contributed by atoms with E-state index in [-0.39, 0.29) is 0 Å². The molecule has 0 amide bonds. The van der Waals surface area contributed by atoms with Crippen LogP contribution in [0.2, 0.25) is 0 Å². The number of hydrogen-bond donors (Lipinski definition) is 2. The van der Waals surface area contributed by atoms with Crippen molar-refractivity contribution < 1.29 is 0 Å². The van der Waals surface area contributed by atoms with E-state index in [9.17, 15) is 0 Å². The van der Waals surface area contributed by atoms with Crippen molar-refractivity contribution in [2.45, 2.75) is 64.2 Å². The lowest BCUT2D eigenvalue weighted by molar-refractivity contribution is 0.665. The fourth-order valence-corrected chi connectivity index (χ4v) is 4.26. The van der Waals surface area contributed by atoms with Gasteiger partial charge in [0.2, 0.25) is 0 Å². The molecule has 0 saturated heterocycles. The molecular weight excluding hydrogens is 348 g/mol. The first-order chi connectivity index (χ1) is 13.2. The maximum atomic E-state index is 5.72. The Morgan fingerprint density at radius 1 is 0.481 bits per heavy atom. The fourth-order valence-electron chi connectivity index (χ4n) is 3.24. The van der Waals surface area contributed by atoms with E-state index in [1.807, 2.05) is 24.3 Å². The highest BCUT2D eigenvalue weighted by Crippen LogP contribution is 2.15. The lowest BCUT2D eigenvalue weighted by atomic mass is 10.1. The van der Waals surface area contributed by atoms with Crippen LogP contribution in [0.25, 0.3) is 0 Å². The summed E-state index contributed by atoms with van der Waals surface area (Å²) < 4.78 is 0. The molecule has 0 fully saturated rings. The minimum absolute atomic E-state index is 0.859. The third kappa shape index (κ3) is 10.3. The summed E-state index contributed by atoms with van der Waals surface area (Å²) in [6.45, 7) is 0. The van der Waals surface area contributed by atoms with E-state index in [1.165, 1.54) is 86.8 Å². The van der Waals surface area contributed by atoms with Crippen molar-refractivity contribution in [2.24, 2.45) is 0 Å². The Morgan fingerprint density at radius 2 is 0.852 bits per heavy atom. The molecule has 4 N–H and O–H groups in total. The molecule has 27 heavy (non-hydrogen) atoms. The van der Waals surface area contributed by atoms with Crippen molar-refractivity contribution in [1.29, 1.82) is 0 Å². The Balaban J connectivity index is 1.32. The molecule has 3 heteroatoms. The van der Waals surface area contributed by atoms with Gasteiger partial charge in [-0.15, -0.1) is 0 Å². The van der Waals surface area contributed by atoms with E-state index in [2.05, 4.69) is 36.0 Å². The Hall–Kier alpha value is -1.61. The normalized spacial score (nSPS) is 11.0. The Morgan fingerprint density at radius 3 is 1.26 bits per heavy atom. The van der Waals surface area contributed by atoms with Gasteiger partial charge in [-0.1, -0.05) is 49.9 Å². The molecule has 0 bridgehead atoms. The number of aryl methyl sites for hydroxylation is 2. The molecule has 2 aromatic rings. The molecule has 0 aliphatic carbocycles. The number of hydrogen-bond acceptors (Lipinski definition) is 3. The van der Waals surface area contributed by atoms with Gasteiger partial charge in [-0.3, -0.25) is 0 Å². The van der Waals surface area contributed by atoms with Crippen LogP contribution in [0.5, 0.6) is 0 Å². The summed E-state index contributed by atoms with van der Waals surface area (Å²) in [6.07, 6.45) is 13.1. The zero-order chi connectivity index (χ0) is 19.2. The number of rotatable bonds is 14. The van der Waals surface area contributed by atoms with Crippen molar-refractivity contribution in [1.82, 2.24) is 0 Å². The van der Waals surface area contributed by atoms with Crippen LogP contribution in [0, 0.1) is 0 Å². The summed E-state index contributed by atoms with van der Waals surface area (Å²) >= 11 is 2.14. The van der Waals surface area contributed by atoms with E-state index in [0.717, 1.165) is 11.4 Å². The van der Waals surface area contributed by atoms with Crippen molar-refractivity contribution in [3.8, 4) is 0 Å². The van der Waals surface area contributed by atoms with Gasteiger partial charge in [-0.25, -0.2) is 0 Å². The topological polar surface area (TPSA) is 52.0 Å². The molecule has 0 saturated carbocycles. The molecule has 0 unspecified atom stereocenters. The number of benzene rings is 2. The summed E-state index contributed by atoms with van der Waals surface area (Å²) in [4.78, 5) is 0. The predicted molar refractivity (Wildman–Crippen MR) is 123 cm³/mol. The maximum Gasteiger partial charge on any atom is 0.0314 e. The molecule has 0 aromatic heterocycles. The molecule has 0 aliphatic heterocycles. The largest absolute Gasteiger partial charge is 0.399 e. The van der Waals surface area contributed by atoms with Crippen molar-refractivity contribution in [3.05, 3.63) is 59.7 Å². The van der Waals surface area contributed by atoms with E-state index in [1.54, 1.807) is 0 Å². The molecule has 148 valence electrons. The average Bonchev–Trinajstić information content (AvgIpc) is 2.68. The second-order valence-electron chi connectivity index (χ2n) is 7.42. The lowest BCUT2D eigenvalue weighted by Crippen LogP contribution is -1.90. The highest BCUT2D eigenvalue weighted by atomic mass is 32.2. The predicted octanol–water partition coefficient (Wildman–Crippen LogP) is 6.49. The highest BCUT2D eigenvalue weighted by molar-refractivity contribution is 7.99. The number of unbranched alkanes of at least 4 members (excludes halogenated alkanes) is 6. The van der Waals surface area contributed by atoms with Crippen molar-refractivity contribution in [3.63, 3.8) is 0 Å². The molecule has 2 rings (SSSR count). The molecule has 2 nitrogen and oxygen atoms in total. The van der Waals surface area contributed by atoms with E-state index in [0.29, 0.717) is 0 Å². The zero-order valence-electron chi connectivity index (χ0n) is 16.7. The lowest BCUT2D eigenvalue weighted by Gasteiger charge is -2.04. The number of thioether (sulfide) groups is 1. The quantitative estimate of drug-likeness (QED) is 0.289. The van der Waals surface area contributed by atoms with Gasteiger partial charge in [0.25, 0.3) is 0 Å². The van der Waals surface area contributed by atoms with E-state index >= 15 is 0 Å². The van der Waals surface area contributed by atoms with Crippen LogP contribution >= 0.6 is 11.8 Å². The third-order valence-electron chi connectivity index (χ3n) is 4.97. The van der Waals surface area contributed by atoms with Gasteiger partial charge in [-0.2, -0.15) is 11.8 Å². The van der Waals surface area contributed by atoms with Gasteiger partial charge in [0.05, 0.1) is 0 Å². The molecule has 0 aliphatic rings. The van der Waals surface area contributed by atoms with Gasteiger partial charge in [-0.05, 0) is 85.4 Å². The second-order valence-corrected chi connectivity index (χ2v) is 8.65. The van der Waals surface area contributed by atoms with Crippen LogP contribution in [-0.2, 0) is 12.8 Å². The molecule has 0 radical (unpaired) electrons. The molecular formula is C24H36N2S. The smallest absolute Gasteiger partial charge is 0.0314 e. The van der Waals surface area contributed by atoms with Gasteiger partial charge in [0.15, 0.2) is 0 Å². The average molecular weight is 385 g/mol. The summed E-state index contributed by atoms with van der Waals surface area (Å²) in [5.41, 5.74) is 16.0. The summed E-state index contributed by atoms with van der Waals surface area (Å²) in [6, 6.07) is 16.6. The van der Waals surface area contributed by atoms with Crippen molar-refractivity contribution in [2.75, 3.05) is 23.0 Å². The number of nitrogen functional groups attached to an aromatic ring is 2. The molecule has 2 aromatic carbocycles. The Labute approximate surface area is 170 Å². The molecule has 0 spiro atoms. The van der Waals surface area contributed by atoms with Crippen LogP contribution in [0.1, 0.15) is 62.5 Å². The zero-order valence-corrected chi connectivity index (χ0v) is 17.5. The first-order valence-electron chi connectivity index (χ1n) is 10.5. The summed E-state index contributed by atoms with van der Waals surface area (Å²) in [5, 5.41) is 0.